The quantitative estimate of drug-likeness (QED) is 0.158. The Morgan fingerprint density at radius 1 is 0.889 bits per heavy atom. The van der Waals surface area contributed by atoms with E-state index in [0.29, 0.717) is 6.61 Å². The monoisotopic (exact) mass is 420 g/mol. The van der Waals surface area contributed by atoms with Gasteiger partial charge in [-0.2, -0.15) is 0 Å². The van der Waals surface area contributed by atoms with E-state index in [4.69, 9.17) is 32.7 Å². The van der Waals surface area contributed by atoms with E-state index in [0.717, 1.165) is 37.6 Å². The van der Waals surface area contributed by atoms with Crippen LogP contribution in [0.5, 0.6) is 5.75 Å². The van der Waals surface area contributed by atoms with Gasteiger partial charge < -0.3 is 9.47 Å². The minimum Gasteiger partial charge on any atom is -0.466 e. The molecule has 0 N–H and O–H groups in total. The molecule has 0 bridgehead atoms. The number of carbonyl (C=O) groups is 2. The fourth-order valence-electron chi connectivity index (χ4n) is 2.46. The van der Waals surface area contributed by atoms with Gasteiger partial charge in [-0.05, 0) is 25.0 Å². The third-order valence-electron chi connectivity index (χ3n) is 3.96. The van der Waals surface area contributed by atoms with Gasteiger partial charge in [-0.3, -0.25) is 9.59 Å². The van der Waals surface area contributed by atoms with Crippen molar-refractivity contribution in [3.05, 3.63) is 29.0 Å². The number of hydrogen-bond acceptors (Lipinski definition) is 4. The number of alkyl halides is 1. The molecule has 4 nitrogen and oxygen atoms in total. The van der Waals surface area contributed by atoms with Crippen LogP contribution >= 0.6 is 23.2 Å². The second-order valence-corrected chi connectivity index (χ2v) is 7.05. The molecular formula is C20H27Cl2FO4. The molecule has 1 aromatic carbocycles. The number of unbranched alkanes of at least 4 members (excludes halogenated alkanes) is 7. The number of benzene rings is 1. The summed E-state index contributed by atoms with van der Waals surface area (Å²) >= 11 is 11.4. The van der Waals surface area contributed by atoms with Gasteiger partial charge in [0.2, 0.25) is 0 Å². The predicted octanol–water partition coefficient (Wildman–Crippen LogP) is 6.07. The number of para-hydroxylation sites is 1. The number of halogens is 3. The molecule has 7 heteroatoms. The smallest absolute Gasteiger partial charge is 0.311 e. The Labute approximate surface area is 170 Å². The Hall–Kier alpha value is -1.33. The van der Waals surface area contributed by atoms with Crippen LogP contribution in [0.15, 0.2) is 18.2 Å². The molecule has 0 aliphatic carbocycles. The molecule has 152 valence electrons. The zero-order chi connectivity index (χ0) is 19.9. The molecule has 0 radical (unpaired) electrons. The molecule has 0 saturated heterocycles. The molecule has 0 saturated carbocycles. The van der Waals surface area contributed by atoms with Gasteiger partial charge in [0.1, 0.15) is 0 Å². The van der Waals surface area contributed by atoms with Crippen molar-refractivity contribution >= 4 is 35.1 Å². The highest BCUT2D eigenvalue weighted by molar-refractivity contribution is 6.32. The van der Waals surface area contributed by atoms with Gasteiger partial charge in [0, 0.05) is 5.88 Å². The van der Waals surface area contributed by atoms with Gasteiger partial charge in [0.05, 0.1) is 24.5 Å². The van der Waals surface area contributed by atoms with Crippen molar-refractivity contribution in [3.8, 4) is 5.75 Å². The molecule has 0 unspecified atom stereocenters. The maximum absolute atomic E-state index is 13.5. The van der Waals surface area contributed by atoms with E-state index in [1.165, 1.54) is 37.8 Å². The number of carbonyl (C=O) groups excluding carboxylic acids is 2. The molecule has 0 amide bonds. The lowest BCUT2D eigenvalue weighted by Crippen LogP contribution is -2.13. The summed E-state index contributed by atoms with van der Waals surface area (Å²) in [6.45, 7) is 0.346. The van der Waals surface area contributed by atoms with Crippen LogP contribution in [0.1, 0.15) is 64.2 Å². The summed E-state index contributed by atoms with van der Waals surface area (Å²) in [6.07, 6.45) is 8.52. The summed E-state index contributed by atoms with van der Waals surface area (Å²) in [7, 11) is 0. The number of ether oxygens (including phenoxy) is 2. The van der Waals surface area contributed by atoms with Gasteiger partial charge in [-0.1, -0.05) is 56.2 Å². The van der Waals surface area contributed by atoms with Crippen LogP contribution < -0.4 is 4.74 Å². The molecule has 1 aromatic rings. The molecule has 0 aliphatic heterocycles. The fourth-order valence-corrected chi connectivity index (χ4v) is 2.85. The first-order chi connectivity index (χ1) is 13.0. The zero-order valence-corrected chi connectivity index (χ0v) is 17.0. The van der Waals surface area contributed by atoms with E-state index >= 15 is 0 Å². The van der Waals surface area contributed by atoms with Crippen LogP contribution in [0.3, 0.4) is 0 Å². The predicted molar refractivity (Wildman–Crippen MR) is 105 cm³/mol. The first-order valence-corrected chi connectivity index (χ1v) is 10.3. The molecular weight excluding hydrogens is 394 g/mol. The Bertz CT molecular complexity index is 561. The molecule has 0 atom stereocenters. The highest BCUT2D eigenvalue weighted by Gasteiger charge is 2.15. The highest BCUT2D eigenvalue weighted by Crippen LogP contribution is 2.27. The van der Waals surface area contributed by atoms with Gasteiger partial charge >= 0.3 is 11.9 Å². The van der Waals surface area contributed by atoms with E-state index < -0.39 is 17.8 Å². The average Bonchev–Trinajstić information content (AvgIpc) is 2.64. The minimum atomic E-state index is -0.729. The first kappa shape index (κ1) is 23.7. The third kappa shape index (κ3) is 11.2. The van der Waals surface area contributed by atoms with Crippen LogP contribution in [0.4, 0.5) is 4.39 Å². The summed E-state index contributed by atoms with van der Waals surface area (Å²) in [6, 6.07) is 3.97. The molecule has 0 aliphatic rings. The van der Waals surface area contributed by atoms with E-state index in [9.17, 15) is 14.0 Å². The van der Waals surface area contributed by atoms with E-state index in [1.54, 1.807) is 0 Å². The summed E-state index contributed by atoms with van der Waals surface area (Å²) in [5, 5.41) is 0.00461. The Balaban J connectivity index is 2.05. The van der Waals surface area contributed by atoms with Crippen molar-refractivity contribution in [2.75, 3.05) is 12.5 Å². The summed E-state index contributed by atoms with van der Waals surface area (Å²) in [4.78, 5) is 23.3. The SMILES string of the molecule is O=C(CCC(=O)Oc1c(F)cccc1Cl)OCCCCCCCCCCCl. The van der Waals surface area contributed by atoms with Crippen molar-refractivity contribution in [3.63, 3.8) is 0 Å². The maximum Gasteiger partial charge on any atom is 0.311 e. The number of rotatable bonds is 14. The second kappa shape index (κ2) is 14.7. The summed E-state index contributed by atoms with van der Waals surface area (Å²) in [5.74, 6) is -1.50. The third-order valence-corrected chi connectivity index (χ3v) is 4.52. The second-order valence-electron chi connectivity index (χ2n) is 6.26. The van der Waals surface area contributed by atoms with Gasteiger partial charge in [0.15, 0.2) is 11.6 Å². The largest absolute Gasteiger partial charge is 0.466 e. The highest BCUT2D eigenvalue weighted by atomic mass is 35.5. The van der Waals surface area contributed by atoms with Crippen molar-refractivity contribution in [2.45, 2.75) is 64.2 Å². The Kier molecular flexibility index (Phi) is 12.9. The Morgan fingerprint density at radius 3 is 2.11 bits per heavy atom. The van der Waals surface area contributed by atoms with E-state index in [2.05, 4.69) is 0 Å². The zero-order valence-electron chi connectivity index (χ0n) is 15.5. The maximum atomic E-state index is 13.5. The minimum absolute atomic E-state index is 0.00461. The first-order valence-electron chi connectivity index (χ1n) is 9.41. The lowest BCUT2D eigenvalue weighted by atomic mass is 10.1. The van der Waals surface area contributed by atoms with Crippen LogP contribution in [0.2, 0.25) is 5.02 Å². The molecule has 27 heavy (non-hydrogen) atoms. The lowest BCUT2D eigenvalue weighted by Gasteiger charge is -2.07. The van der Waals surface area contributed by atoms with Gasteiger partial charge in [0.25, 0.3) is 0 Å². The van der Waals surface area contributed by atoms with Crippen molar-refractivity contribution < 1.29 is 23.5 Å². The molecule has 0 heterocycles. The van der Waals surface area contributed by atoms with Crippen molar-refractivity contribution in [1.82, 2.24) is 0 Å². The molecule has 0 aromatic heterocycles. The van der Waals surface area contributed by atoms with E-state index in [1.807, 2.05) is 0 Å². The van der Waals surface area contributed by atoms with Gasteiger partial charge in [-0.25, -0.2) is 4.39 Å². The van der Waals surface area contributed by atoms with Gasteiger partial charge in [-0.15, -0.1) is 11.6 Å². The molecule has 0 spiro atoms. The summed E-state index contributed by atoms with van der Waals surface area (Å²) in [5.41, 5.74) is 0. The molecule has 1 rings (SSSR count). The number of esters is 2. The van der Waals surface area contributed by atoms with Crippen molar-refractivity contribution in [2.24, 2.45) is 0 Å². The summed E-state index contributed by atoms with van der Waals surface area (Å²) < 4.78 is 23.5. The Morgan fingerprint density at radius 2 is 1.48 bits per heavy atom. The van der Waals surface area contributed by atoms with Crippen LogP contribution in [-0.2, 0) is 14.3 Å². The van der Waals surface area contributed by atoms with Crippen LogP contribution in [0, 0.1) is 5.82 Å². The lowest BCUT2D eigenvalue weighted by molar-refractivity contribution is -0.147. The topological polar surface area (TPSA) is 52.6 Å². The molecule has 0 fully saturated rings. The standard InChI is InChI=1S/C20H27Cl2FO4/c21-14-7-5-3-1-2-4-6-8-15-26-18(24)12-13-19(25)27-20-16(22)10-9-11-17(20)23/h9-11H,1-8,12-15H2. The normalized spacial score (nSPS) is 10.6. The van der Waals surface area contributed by atoms with E-state index in [-0.39, 0.29) is 23.6 Å². The van der Waals surface area contributed by atoms with Crippen molar-refractivity contribution in [1.29, 1.82) is 0 Å². The van der Waals surface area contributed by atoms with Crippen LogP contribution in [-0.4, -0.2) is 24.4 Å². The average molecular weight is 421 g/mol. The number of hydrogen-bond donors (Lipinski definition) is 0. The van der Waals surface area contributed by atoms with Crippen LogP contribution in [0.25, 0.3) is 0 Å². The fraction of sp³-hybridized carbons (Fsp3) is 0.600.